The highest BCUT2D eigenvalue weighted by atomic mass is 32.1. The minimum Gasteiger partial charge on any atom is -0.361 e. The van der Waals surface area contributed by atoms with Crippen molar-refractivity contribution in [2.45, 2.75) is 0 Å². The third kappa shape index (κ3) is 2.75. The smallest absolute Gasteiger partial charge is 0.106 e. The molecule has 0 aromatic carbocycles. The van der Waals surface area contributed by atoms with Crippen LogP contribution in [0.5, 0.6) is 0 Å². The predicted octanol–water partition coefficient (Wildman–Crippen LogP) is 2.45. The highest BCUT2D eigenvalue weighted by Crippen LogP contribution is 2.32. The van der Waals surface area contributed by atoms with Crippen molar-refractivity contribution in [1.29, 1.82) is 0 Å². The summed E-state index contributed by atoms with van der Waals surface area (Å²) in [5, 5.41) is 0. The van der Waals surface area contributed by atoms with Crippen LogP contribution >= 0.6 is 12.2 Å². The van der Waals surface area contributed by atoms with Crippen molar-refractivity contribution < 1.29 is 0 Å². The van der Waals surface area contributed by atoms with Crippen molar-refractivity contribution in [1.82, 2.24) is 14.8 Å². The first-order valence-electron chi connectivity index (χ1n) is 6.94. The van der Waals surface area contributed by atoms with E-state index in [1.807, 2.05) is 30.6 Å². The van der Waals surface area contributed by atoms with Crippen LogP contribution in [0.3, 0.4) is 0 Å². The molecule has 0 saturated carbocycles. The molecule has 2 aliphatic rings. The van der Waals surface area contributed by atoms with E-state index in [4.69, 9.17) is 12.2 Å². The number of thiocarbonyl (C=S) groups is 1. The molecule has 0 unspecified atom stereocenters. The van der Waals surface area contributed by atoms with Gasteiger partial charge in [-0.2, -0.15) is 0 Å². The number of nitrogens with zero attached hydrogens (tertiary/aromatic N) is 3. The molecular formula is C16H18N4S. The lowest BCUT2D eigenvalue weighted by Gasteiger charge is -2.23. The third-order valence-corrected chi connectivity index (χ3v) is 3.90. The van der Waals surface area contributed by atoms with Gasteiger partial charge in [-0.05, 0) is 44.5 Å². The number of aliphatic imine (C=N–C) groups is 1. The van der Waals surface area contributed by atoms with Crippen LogP contribution < -0.4 is 0 Å². The van der Waals surface area contributed by atoms with Gasteiger partial charge >= 0.3 is 0 Å². The lowest BCUT2D eigenvalue weighted by molar-refractivity contribution is 0.367. The zero-order valence-corrected chi connectivity index (χ0v) is 13.0. The summed E-state index contributed by atoms with van der Waals surface area (Å²) in [6.07, 6.45) is 9.85. The monoisotopic (exact) mass is 298 g/mol. The first-order chi connectivity index (χ1) is 10.2. The molecule has 0 fully saturated rings. The second kappa shape index (κ2) is 5.79. The summed E-state index contributed by atoms with van der Waals surface area (Å²) in [6, 6.07) is 4.05. The van der Waals surface area contributed by atoms with Crippen LogP contribution in [-0.2, 0) is 0 Å². The third-order valence-electron chi connectivity index (χ3n) is 3.54. The van der Waals surface area contributed by atoms with Gasteiger partial charge in [0.15, 0.2) is 0 Å². The highest BCUT2D eigenvalue weighted by Gasteiger charge is 2.24. The van der Waals surface area contributed by atoms with E-state index in [1.165, 1.54) is 0 Å². The molecule has 108 valence electrons. The van der Waals surface area contributed by atoms with Gasteiger partial charge in [0.25, 0.3) is 0 Å². The number of hydrogen-bond acceptors (Lipinski definition) is 3. The predicted molar refractivity (Wildman–Crippen MR) is 91.3 cm³/mol. The van der Waals surface area contributed by atoms with Crippen LogP contribution in [0, 0.1) is 0 Å². The fourth-order valence-electron chi connectivity index (χ4n) is 2.44. The van der Waals surface area contributed by atoms with Crippen molar-refractivity contribution in [3.8, 4) is 0 Å². The maximum absolute atomic E-state index is 5.45. The summed E-state index contributed by atoms with van der Waals surface area (Å²) in [7, 11) is 4.13. The van der Waals surface area contributed by atoms with Crippen molar-refractivity contribution in [3.63, 3.8) is 0 Å². The van der Waals surface area contributed by atoms with E-state index in [-0.39, 0.29) is 0 Å². The molecule has 3 rings (SSSR count). The summed E-state index contributed by atoms with van der Waals surface area (Å²) in [4.78, 5) is 13.0. The molecule has 0 aliphatic carbocycles. The molecule has 5 heteroatoms. The van der Waals surface area contributed by atoms with Gasteiger partial charge in [-0.1, -0.05) is 12.2 Å². The molecule has 3 heterocycles. The first kappa shape index (κ1) is 14.0. The number of likely N-dealkylation sites (N-methyl/N-ethyl adjacent to an activating group) is 1. The normalized spacial score (nSPS) is 21.0. The Bertz CT molecular complexity index is 662. The molecular weight excluding hydrogens is 280 g/mol. The largest absolute Gasteiger partial charge is 0.361 e. The lowest BCUT2D eigenvalue weighted by Crippen LogP contribution is -2.31. The van der Waals surface area contributed by atoms with Crippen molar-refractivity contribution >= 4 is 29.0 Å². The molecule has 4 nitrogen and oxygen atoms in total. The zero-order chi connectivity index (χ0) is 14.8. The Kier molecular flexibility index (Phi) is 3.86. The van der Waals surface area contributed by atoms with Gasteiger partial charge in [-0.15, -0.1) is 0 Å². The maximum Gasteiger partial charge on any atom is 0.106 e. The van der Waals surface area contributed by atoms with Gasteiger partial charge in [0.1, 0.15) is 4.99 Å². The van der Waals surface area contributed by atoms with E-state index in [1.54, 1.807) is 0 Å². The molecule has 1 aromatic rings. The maximum atomic E-state index is 5.45. The van der Waals surface area contributed by atoms with E-state index in [0.29, 0.717) is 0 Å². The molecule has 1 aromatic heterocycles. The van der Waals surface area contributed by atoms with Gasteiger partial charge in [-0.3, -0.25) is 4.99 Å². The lowest BCUT2D eigenvalue weighted by atomic mass is 10.1. The molecule has 21 heavy (non-hydrogen) atoms. The Morgan fingerprint density at radius 1 is 1.33 bits per heavy atom. The average Bonchev–Trinajstić information content (AvgIpc) is 3.16. The molecule has 0 atom stereocenters. The Morgan fingerprint density at radius 3 is 2.90 bits per heavy atom. The Labute approximate surface area is 130 Å². The fraction of sp³-hybridized carbons (Fsp3) is 0.250. The number of nitrogens with one attached hydrogen (secondary N) is 1. The summed E-state index contributed by atoms with van der Waals surface area (Å²) < 4.78 is 0. The minimum atomic E-state index is 0.854. The summed E-state index contributed by atoms with van der Waals surface area (Å²) >= 11 is 5.45. The first-order valence-corrected chi connectivity index (χ1v) is 7.34. The van der Waals surface area contributed by atoms with Crippen LogP contribution in [0.25, 0.3) is 5.57 Å². The molecule has 2 aliphatic heterocycles. The van der Waals surface area contributed by atoms with Crippen molar-refractivity contribution in [2.75, 3.05) is 27.2 Å². The number of hydrogen-bond donors (Lipinski definition) is 1. The van der Waals surface area contributed by atoms with Crippen LogP contribution in [-0.4, -0.2) is 53.2 Å². The Morgan fingerprint density at radius 2 is 2.19 bits per heavy atom. The van der Waals surface area contributed by atoms with Crippen molar-refractivity contribution in [3.05, 3.63) is 53.6 Å². The number of aromatic nitrogens is 1. The van der Waals surface area contributed by atoms with Crippen LogP contribution in [0.1, 0.15) is 5.69 Å². The number of allylic oxidation sites excluding steroid dienone is 3. The summed E-state index contributed by atoms with van der Waals surface area (Å²) in [6.45, 7) is 1.81. The topological polar surface area (TPSA) is 34.6 Å². The SMILES string of the molecule is CN(C)CCN1C(=S)C=CC1=C1N=CC=C1c1ccc[nH]1. The minimum absolute atomic E-state index is 0.854. The van der Waals surface area contributed by atoms with Gasteiger partial charge in [-0.25, -0.2) is 0 Å². The van der Waals surface area contributed by atoms with Crippen LogP contribution in [0.15, 0.2) is 52.9 Å². The second-order valence-electron chi connectivity index (χ2n) is 5.30. The summed E-state index contributed by atoms with van der Waals surface area (Å²) in [5.41, 5.74) is 4.25. The van der Waals surface area contributed by atoms with Crippen molar-refractivity contribution in [2.24, 2.45) is 4.99 Å². The second-order valence-corrected chi connectivity index (χ2v) is 5.72. The molecule has 1 N–H and O–H groups in total. The average molecular weight is 298 g/mol. The molecule has 0 amide bonds. The highest BCUT2D eigenvalue weighted by molar-refractivity contribution is 7.80. The van der Waals surface area contributed by atoms with Gasteiger partial charge in [0.2, 0.25) is 0 Å². The molecule has 0 radical (unpaired) electrons. The van der Waals surface area contributed by atoms with Crippen LogP contribution in [0.4, 0.5) is 0 Å². The van der Waals surface area contributed by atoms with Gasteiger partial charge < -0.3 is 14.8 Å². The standard InChI is InChI=1S/C16H18N4S/c1-19(2)10-11-20-14(5-6-15(20)21)16-12(7-9-18-16)13-4-3-8-17-13/h3-9,17H,10-11H2,1-2H3. The van der Waals surface area contributed by atoms with E-state index in [2.05, 4.69) is 46.0 Å². The number of H-pyrrole nitrogens is 1. The number of aromatic amines is 1. The van der Waals surface area contributed by atoms with E-state index in [9.17, 15) is 0 Å². The zero-order valence-electron chi connectivity index (χ0n) is 12.2. The van der Waals surface area contributed by atoms with Gasteiger partial charge in [0, 0.05) is 36.8 Å². The molecule has 0 saturated heterocycles. The van der Waals surface area contributed by atoms with E-state index < -0.39 is 0 Å². The van der Waals surface area contributed by atoms with E-state index >= 15 is 0 Å². The summed E-state index contributed by atoms with van der Waals surface area (Å²) in [5.74, 6) is 0. The fourth-order valence-corrected chi connectivity index (χ4v) is 2.70. The molecule has 0 spiro atoms. The van der Waals surface area contributed by atoms with Crippen LogP contribution in [0.2, 0.25) is 0 Å². The molecule has 0 bridgehead atoms. The van der Waals surface area contributed by atoms with E-state index in [0.717, 1.165) is 40.7 Å². The quantitative estimate of drug-likeness (QED) is 0.867. The van der Waals surface area contributed by atoms with Gasteiger partial charge in [0.05, 0.1) is 11.4 Å². The number of rotatable bonds is 4. The Balaban J connectivity index is 1.93. The Hall–Kier alpha value is -1.98.